The molecule has 0 saturated heterocycles. The largest absolute Gasteiger partial charge is 0.350 e. The average molecular weight is 327 g/mol. The Hall–Kier alpha value is -2.47. The molecule has 3 rings (SSSR count). The number of hydrogen-bond acceptors (Lipinski definition) is 4. The van der Waals surface area contributed by atoms with Gasteiger partial charge >= 0.3 is 0 Å². The van der Waals surface area contributed by atoms with Crippen LogP contribution in [-0.2, 0) is 24.3 Å². The number of rotatable bonds is 5. The lowest BCUT2D eigenvalue weighted by molar-refractivity contribution is -0.121. The molecule has 23 heavy (non-hydrogen) atoms. The molecule has 0 bridgehead atoms. The Labute approximate surface area is 137 Å². The monoisotopic (exact) mass is 327 g/mol. The maximum atomic E-state index is 12.4. The number of amides is 1. The fraction of sp³-hybridized carbons (Fsp3) is 0.235. The van der Waals surface area contributed by atoms with E-state index in [-0.39, 0.29) is 18.0 Å². The predicted molar refractivity (Wildman–Crippen MR) is 91.5 cm³/mol. The van der Waals surface area contributed by atoms with Gasteiger partial charge in [-0.15, -0.1) is 11.3 Å². The van der Waals surface area contributed by atoms with Gasteiger partial charge in [-0.05, 0) is 18.1 Å². The van der Waals surface area contributed by atoms with Crippen LogP contribution in [0.3, 0.4) is 0 Å². The molecule has 5 nitrogen and oxygen atoms in total. The van der Waals surface area contributed by atoms with Crippen molar-refractivity contribution in [3.05, 3.63) is 63.5 Å². The van der Waals surface area contributed by atoms with Crippen molar-refractivity contribution in [1.82, 2.24) is 14.9 Å². The lowest BCUT2D eigenvalue weighted by Crippen LogP contribution is -2.32. The minimum absolute atomic E-state index is 0.0219. The average Bonchev–Trinajstić information content (AvgIpc) is 3.01. The molecule has 2 aromatic heterocycles. The number of carbonyl (C=O) groups is 1. The summed E-state index contributed by atoms with van der Waals surface area (Å²) in [6.45, 7) is 2.47. The molecule has 0 unspecified atom stereocenters. The van der Waals surface area contributed by atoms with Gasteiger partial charge in [0.1, 0.15) is 11.4 Å². The first-order valence-corrected chi connectivity index (χ1v) is 8.27. The normalized spacial score (nSPS) is 10.8. The number of aryl methyl sites for hydroxylation is 1. The van der Waals surface area contributed by atoms with Crippen molar-refractivity contribution in [3.63, 3.8) is 0 Å². The van der Waals surface area contributed by atoms with Crippen LogP contribution >= 0.6 is 11.3 Å². The highest BCUT2D eigenvalue weighted by molar-refractivity contribution is 7.18. The van der Waals surface area contributed by atoms with Crippen LogP contribution in [0.15, 0.2) is 47.5 Å². The summed E-state index contributed by atoms with van der Waals surface area (Å²) in [4.78, 5) is 30.6. The Morgan fingerprint density at radius 3 is 2.83 bits per heavy atom. The summed E-state index contributed by atoms with van der Waals surface area (Å²) in [5.41, 5.74) is 0.855. The van der Waals surface area contributed by atoms with Gasteiger partial charge in [0.25, 0.3) is 5.56 Å². The predicted octanol–water partition coefficient (Wildman–Crippen LogP) is 2.34. The summed E-state index contributed by atoms with van der Waals surface area (Å²) in [5, 5.41) is 3.40. The van der Waals surface area contributed by atoms with Crippen LogP contribution in [0.2, 0.25) is 0 Å². The van der Waals surface area contributed by atoms with Crippen LogP contribution in [-0.4, -0.2) is 15.5 Å². The quantitative estimate of drug-likeness (QED) is 0.782. The van der Waals surface area contributed by atoms with Crippen molar-refractivity contribution < 1.29 is 4.79 Å². The van der Waals surface area contributed by atoms with Crippen LogP contribution in [0.5, 0.6) is 0 Å². The zero-order valence-corrected chi connectivity index (χ0v) is 13.6. The minimum Gasteiger partial charge on any atom is -0.350 e. The first kappa shape index (κ1) is 15.4. The van der Waals surface area contributed by atoms with Gasteiger partial charge < -0.3 is 5.32 Å². The van der Waals surface area contributed by atoms with Gasteiger partial charge in [0.15, 0.2) is 0 Å². The Morgan fingerprint density at radius 1 is 1.30 bits per heavy atom. The molecule has 0 atom stereocenters. The molecule has 2 heterocycles. The Bertz CT molecular complexity index is 884. The molecule has 1 aromatic carbocycles. The SMILES string of the molecule is CCc1cc2c(=O)n(CC(=O)NCc3ccccc3)cnc2s1. The fourth-order valence-corrected chi connectivity index (χ4v) is 3.23. The van der Waals surface area contributed by atoms with Gasteiger partial charge in [-0.2, -0.15) is 0 Å². The molecule has 0 fully saturated rings. The van der Waals surface area contributed by atoms with Crippen molar-refractivity contribution in [1.29, 1.82) is 0 Å². The third-order valence-corrected chi connectivity index (χ3v) is 4.75. The number of nitrogens with zero attached hydrogens (tertiary/aromatic N) is 2. The van der Waals surface area contributed by atoms with E-state index in [0.717, 1.165) is 21.7 Å². The summed E-state index contributed by atoms with van der Waals surface area (Å²) in [7, 11) is 0. The Balaban J connectivity index is 1.72. The number of hydrogen-bond donors (Lipinski definition) is 1. The number of benzene rings is 1. The molecule has 3 aromatic rings. The van der Waals surface area contributed by atoms with Gasteiger partial charge in [-0.25, -0.2) is 4.98 Å². The molecule has 0 spiro atoms. The van der Waals surface area contributed by atoms with Crippen LogP contribution in [0.1, 0.15) is 17.4 Å². The third-order valence-electron chi connectivity index (χ3n) is 3.56. The van der Waals surface area contributed by atoms with Crippen LogP contribution < -0.4 is 10.9 Å². The summed E-state index contributed by atoms with van der Waals surface area (Å²) < 4.78 is 1.36. The first-order chi connectivity index (χ1) is 11.2. The van der Waals surface area contributed by atoms with Crippen LogP contribution in [0, 0.1) is 0 Å². The van der Waals surface area contributed by atoms with Crippen LogP contribution in [0.4, 0.5) is 0 Å². The molecule has 1 N–H and O–H groups in total. The van der Waals surface area contributed by atoms with E-state index in [9.17, 15) is 9.59 Å². The molecule has 118 valence electrons. The zero-order chi connectivity index (χ0) is 16.2. The minimum atomic E-state index is -0.206. The second kappa shape index (κ2) is 6.75. The Kier molecular flexibility index (Phi) is 4.52. The highest BCUT2D eigenvalue weighted by Crippen LogP contribution is 2.20. The van der Waals surface area contributed by atoms with Crippen molar-refractivity contribution in [2.75, 3.05) is 0 Å². The van der Waals surface area contributed by atoms with E-state index in [0.29, 0.717) is 11.9 Å². The van der Waals surface area contributed by atoms with Gasteiger partial charge in [0.2, 0.25) is 5.91 Å². The summed E-state index contributed by atoms with van der Waals surface area (Å²) in [6.07, 6.45) is 2.32. The molecule has 0 radical (unpaired) electrons. The second-order valence-electron chi connectivity index (χ2n) is 5.23. The molecular weight excluding hydrogens is 310 g/mol. The number of carbonyl (C=O) groups excluding carboxylic acids is 1. The molecule has 1 amide bonds. The number of nitrogens with one attached hydrogen (secondary N) is 1. The van der Waals surface area contributed by atoms with Crippen molar-refractivity contribution >= 4 is 27.5 Å². The smallest absolute Gasteiger partial charge is 0.262 e. The molecule has 0 aliphatic carbocycles. The lowest BCUT2D eigenvalue weighted by Gasteiger charge is -2.07. The van der Waals surface area contributed by atoms with Gasteiger partial charge in [0, 0.05) is 11.4 Å². The van der Waals surface area contributed by atoms with E-state index >= 15 is 0 Å². The van der Waals surface area contributed by atoms with Crippen LogP contribution in [0.25, 0.3) is 10.2 Å². The maximum Gasteiger partial charge on any atom is 0.262 e. The van der Waals surface area contributed by atoms with E-state index < -0.39 is 0 Å². The molecule has 0 saturated carbocycles. The standard InChI is InChI=1S/C17H17N3O2S/c1-2-13-8-14-16(23-13)19-11-20(17(14)22)10-15(21)18-9-12-6-4-3-5-7-12/h3-8,11H,2,9-10H2,1H3,(H,18,21). The van der Waals surface area contributed by atoms with E-state index in [1.54, 1.807) is 0 Å². The van der Waals surface area contributed by atoms with Gasteiger partial charge in [-0.3, -0.25) is 14.2 Å². The Morgan fingerprint density at radius 2 is 2.09 bits per heavy atom. The highest BCUT2D eigenvalue weighted by Gasteiger charge is 2.10. The van der Waals surface area contributed by atoms with E-state index in [4.69, 9.17) is 0 Å². The highest BCUT2D eigenvalue weighted by atomic mass is 32.1. The van der Waals surface area contributed by atoms with Gasteiger partial charge in [-0.1, -0.05) is 37.3 Å². The lowest BCUT2D eigenvalue weighted by atomic mass is 10.2. The maximum absolute atomic E-state index is 12.4. The van der Waals surface area contributed by atoms with Gasteiger partial charge in [0.05, 0.1) is 11.7 Å². The summed E-state index contributed by atoms with van der Waals surface area (Å²) >= 11 is 1.52. The van der Waals surface area contributed by atoms with Crippen molar-refractivity contribution in [2.45, 2.75) is 26.4 Å². The zero-order valence-electron chi connectivity index (χ0n) is 12.8. The van der Waals surface area contributed by atoms with E-state index in [1.165, 1.54) is 22.2 Å². The van der Waals surface area contributed by atoms with E-state index in [1.807, 2.05) is 43.3 Å². The van der Waals surface area contributed by atoms with Crippen molar-refractivity contribution in [2.24, 2.45) is 0 Å². The summed E-state index contributed by atoms with van der Waals surface area (Å²) in [6, 6.07) is 11.5. The number of thiophene rings is 1. The number of aromatic nitrogens is 2. The number of fused-ring (bicyclic) bond motifs is 1. The van der Waals surface area contributed by atoms with E-state index in [2.05, 4.69) is 10.3 Å². The topological polar surface area (TPSA) is 64.0 Å². The second-order valence-corrected chi connectivity index (χ2v) is 6.34. The summed E-state index contributed by atoms with van der Waals surface area (Å²) in [5.74, 6) is -0.206. The fourth-order valence-electron chi connectivity index (χ4n) is 2.30. The molecular formula is C17H17N3O2S. The third kappa shape index (κ3) is 3.48. The molecule has 6 heteroatoms. The first-order valence-electron chi connectivity index (χ1n) is 7.46. The molecule has 0 aliphatic rings. The molecule has 0 aliphatic heterocycles. The van der Waals surface area contributed by atoms with Crippen molar-refractivity contribution in [3.8, 4) is 0 Å².